The Balaban J connectivity index is 3.59. The topological polar surface area (TPSA) is 34.1 Å². The number of hydrogen-bond acceptors (Lipinski definition) is 2. The summed E-state index contributed by atoms with van der Waals surface area (Å²) in [5.74, 6) is 0. The average Bonchev–Trinajstić information content (AvgIpc) is 2.00. The molecule has 0 fully saturated rings. The minimum atomic E-state index is -4.95. The lowest BCUT2D eigenvalue weighted by Gasteiger charge is -2.10. The summed E-state index contributed by atoms with van der Waals surface area (Å²) >= 11 is 0. The van der Waals surface area contributed by atoms with Crippen LogP contribution in [0.4, 0.5) is 12.7 Å². The molecule has 0 aromatic heterocycles. The monoisotopic (exact) mass is 238 g/mol. The third-order valence-electron chi connectivity index (χ3n) is 2.12. The lowest BCUT2D eigenvalue weighted by Crippen LogP contribution is -2.03. The Labute approximate surface area is 85.9 Å². The van der Waals surface area contributed by atoms with Crippen LogP contribution in [0.15, 0.2) is 17.0 Å². The van der Waals surface area contributed by atoms with Crippen molar-refractivity contribution in [3.63, 3.8) is 0 Å². The first-order chi connectivity index (χ1) is 6.75. The largest absolute Gasteiger partial charge is 0.332 e. The summed E-state index contributed by atoms with van der Waals surface area (Å²) in [6.45, 7) is 2.52. The highest BCUT2D eigenvalue weighted by Crippen LogP contribution is 2.30. The van der Waals surface area contributed by atoms with Gasteiger partial charge in [0.1, 0.15) is 4.90 Å². The first-order valence-corrected chi connectivity index (χ1v) is 5.46. The van der Waals surface area contributed by atoms with Gasteiger partial charge in [-0.05, 0) is 25.0 Å². The molecule has 84 valence electrons. The molecule has 1 rings (SSSR count). The van der Waals surface area contributed by atoms with Gasteiger partial charge in [0.2, 0.25) is 0 Å². The lowest BCUT2D eigenvalue weighted by atomic mass is 10.1. The lowest BCUT2D eigenvalue weighted by molar-refractivity contribution is 0.150. The molecule has 0 radical (unpaired) electrons. The molecule has 2 nitrogen and oxygen atoms in total. The molecule has 0 bridgehead atoms. The van der Waals surface area contributed by atoms with E-state index in [1.165, 1.54) is 19.9 Å². The normalized spacial score (nSPS) is 12.1. The van der Waals surface area contributed by atoms with E-state index < -0.39 is 27.1 Å². The first kappa shape index (κ1) is 12.0. The van der Waals surface area contributed by atoms with Gasteiger partial charge in [-0.25, -0.2) is 8.78 Å². The zero-order valence-corrected chi connectivity index (χ0v) is 8.91. The SMILES string of the molecule is Cc1ccc(C(F)F)c(C)c1S(=O)(=O)F. The van der Waals surface area contributed by atoms with Crippen LogP contribution in [-0.2, 0) is 10.2 Å². The maximum absolute atomic E-state index is 12.8. The molecule has 6 heteroatoms. The van der Waals surface area contributed by atoms with Crippen LogP contribution in [0.25, 0.3) is 0 Å². The van der Waals surface area contributed by atoms with Crippen LogP contribution in [0.5, 0.6) is 0 Å². The second-order valence-electron chi connectivity index (χ2n) is 3.16. The minimum Gasteiger partial charge on any atom is -0.205 e. The van der Waals surface area contributed by atoms with Gasteiger partial charge < -0.3 is 0 Å². The molecule has 0 saturated heterocycles. The van der Waals surface area contributed by atoms with E-state index in [1.807, 2.05) is 0 Å². The predicted octanol–water partition coefficient (Wildman–Crippen LogP) is 2.90. The summed E-state index contributed by atoms with van der Waals surface area (Å²) < 4.78 is 59.1. The van der Waals surface area contributed by atoms with Crippen LogP contribution in [0, 0.1) is 13.8 Å². The molecule has 0 heterocycles. The Morgan fingerprint density at radius 3 is 2.13 bits per heavy atom. The number of rotatable bonds is 2. The van der Waals surface area contributed by atoms with E-state index in [9.17, 15) is 21.1 Å². The zero-order chi connectivity index (χ0) is 11.8. The zero-order valence-electron chi connectivity index (χ0n) is 8.09. The molecule has 0 saturated carbocycles. The van der Waals surface area contributed by atoms with E-state index in [2.05, 4.69) is 0 Å². The molecule has 0 unspecified atom stereocenters. The van der Waals surface area contributed by atoms with Crippen molar-refractivity contribution in [3.8, 4) is 0 Å². The number of halogens is 3. The van der Waals surface area contributed by atoms with Crippen molar-refractivity contribution in [3.05, 3.63) is 28.8 Å². The van der Waals surface area contributed by atoms with E-state index in [0.29, 0.717) is 0 Å². The van der Waals surface area contributed by atoms with Crippen molar-refractivity contribution in [1.29, 1.82) is 0 Å². The van der Waals surface area contributed by atoms with E-state index in [4.69, 9.17) is 0 Å². The van der Waals surface area contributed by atoms with Crippen LogP contribution in [-0.4, -0.2) is 8.42 Å². The van der Waals surface area contributed by atoms with Crippen molar-refractivity contribution >= 4 is 10.2 Å². The average molecular weight is 238 g/mol. The van der Waals surface area contributed by atoms with Gasteiger partial charge in [-0.3, -0.25) is 0 Å². The molecule has 0 aliphatic heterocycles. The third-order valence-corrected chi connectivity index (χ3v) is 3.24. The fourth-order valence-corrected chi connectivity index (χ4v) is 2.39. The molecule has 0 aliphatic carbocycles. The highest BCUT2D eigenvalue weighted by molar-refractivity contribution is 7.86. The van der Waals surface area contributed by atoms with Crippen molar-refractivity contribution in [1.82, 2.24) is 0 Å². The summed E-state index contributed by atoms with van der Waals surface area (Å²) in [5.41, 5.74) is -0.566. The van der Waals surface area contributed by atoms with Gasteiger partial charge in [-0.15, -0.1) is 3.89 Å². The van der Waals surface area contributed by atoms with Gasteiger partial charge in [0, 0.05) is 5.56 Å². The molecule has 0 spiro atoms. The molecule has 0 N–H and O–H groups in total. The summed E-state index contributed by atoms with van der Waals surface area (Å²) in [4.78, 5) is -0.652. The van der Waals surface area contributed by atoms with E-state index >= 15 is 0 Å². The number of benzene rings is 1. The Morgan fingerprint density at radius 1 is 1.20 bits per heavy atom. The number of hydrogen-bond donors (Lipinski definition) is 0. The van der Waals surface area contributed by atoms with Crippen molar-refractivity contribution in [2.45, 2.75) is 25.2 Å². The second-order valence-corrected chi connectivity index (χ2v) is 4.45. The van der Waals surface area contributed by atoms with Crippen molar-refractivity contribution in [2.75, 3.05) is 0 Å². The van der Waals surface area contributed by atoms with E-state index in [-0.39, 0.29) is 11.1 Å². The molecule has 0 aliphatic rings. The van der Waals surface area contributed by atoms with Gasteiger partial charge in [0.05, 0.1) is 0 Å². The van der Waals surface area contributed by atoms with E-state index in [0.717, 1.165) is 6.07 Å². The molecule has 0 amide bonds. The molecule has 15 heavy (non-hydrogen) atoms. The Morgan fingerprint density at radius 2 is 1.73 bits per heavy atom. The number of aryl methyl sites for hydroxylation is 1. The first-order valence-electron chi connectivity index (χ1n) is 4.08. The summed E-state index contributed by atoms with van der Waals surface area (Å²) in [6, 6.07) is 2.27. The molecule has 1 aromatic rings. The molecule has 1 aromatic carbocycles. The second kappa shape index (κ2) is 3.84. The van der Waals surface area contributed by atoms with Gasteiger partial charge in [0.25, 0.3) is 6.43 Å². The Bertz CT molecular complexity index is 480. The fraction of sp³-hybridized carbons (Fsp3) is 0.333. The van der Waals surface area contributed by atoms with Gasteiger partial charge >= 0.3 is 10.2 Å². The Kier molecular flexibility index (Phi) is 3.08. The van der Waals surface area contributed by atoms with Crippen LogP contribution in [0.1, 0.15) is 23.1 Å². The highest BCUT2D eigenvalue weighted by Gasteiger charge is 2.23. The van der Waals surface area contributed by atoms with Crippen LogP contribution < -0.4 is 0 Å². The highest BCUT2D eigenvalue weighted by atomic mass is 32.3. The summed E-state index contributed by atoms with van der Waals surface area (Å²) in [6.07, 6.45) is -2.81. The predicted molar refractivity (Wildman–Crippen MR) is 49.2 cm³/mol. The smallest absolute Gasteiger partial charge is 0.205 e. The Hall–Kier alpha value is -1.04. The molecular weight excluding hydrogens is 229 g/mol. The van der Waals surface area contributed by atoms with E-state index in [1.54, 1.807) is 0 Å². The number of alkyl halides is 2. The van der Waals surface area contributed by atoms with Crippen molar-refractivity contribution in [2.24, 2.45) is 0 Å². The van der Waals surface area contributed by atoms with Gasteiger partial charge in [0.15, 0.2) is 0 Å². The van der Waals surface area contributed by atoms with Crippen LogP contribution in [0.3, 0.4) is 0 Å². The quantitative estimate of drug-likeness (QED) is 0.742. The van der Waals surface area contributed by atoms with Crippen LogP contribution >= 0.6 is 0 Å². The summed E-state index contributed by atoms with van der Waals surface area (Å²) in [5, 5.41) is 0. The van der Waals surface area contributed by atoms with Gasteiger partial charge in [-0.2, -0.15) is 8.42 Å². The fourth-order valence-electron chi connectivity index (χ4n) is 1.45. The summed E-state index contributed by atoms with van der Waals surface area (Å²) in [7, 11) is -4.95. The van der Waals surface area contributed by atoms with Crippen LogP contribution in [0.2, 0.25) is 0 Å². The van der Waals surface area contributed by atoms with Crippen molar-refractivity contribution < 1.29 is 21.1 Å². The van der Waals surface area contributed by atoms with Gasteiger partial charge in [-0.1, -0.05) is 12.1 Å². The standard InChI is InChI=1S/C9H9F3O2S/c1-5-3-4-7(9(10)11)6(2)8(5)15(12,13)14/h3-4,9H,1-2H3. The maximum Gasteiger partial charge on any atom is 0.332 e. The minimum absolute atomic E-state index is 0.124. The third kappa shape index (κ3) is 2.31. The molecular formula is C9H9F3O2S. The maximum atomic E-state index is 12.8. The molecule has 0 atom stereocenters.